The van der Waals surface area contributed by atoms with Crippen LogP contribution >= 0.6 is 0 Å². The summed E-state index contributed by atoms with van der Waals surface area (Å²) in [6.45, 7) is 1.18. The number of rotatable bonds is 3. The Balaban J connectivity index is 2.33. The van der Waals surface area contributed by atoms with E-state index in [4.69, 9.17) is 4.74 Å². The molecule has 0 bridgehead atoms. The van der Waals surface area contributed by atoms with Crippen molar-refractivity contribution in [3.63, 3.8) is 0 Å². The SMILES string of the molecule is CNCC1CCOC1c1ccccc1C(F)(F)F. The van der Waals surface area contributed by atoms with E-state index in [2.05, 4.69) is 5.32 Å². The maximum absolute atomic E-state index is 12.9. The fourth-order valence-corrected chi connectivity index (χ4v) is 2.45. The van der Waals surface area contributed by atoms with Gasteiger partial charge in [-0.05, 0) is 25.1 Å². The van der Waals surface area contributed by atoms with Crippen LogP contribution in [0.2, 0.25) is 0 Å². The van der Waals surface area contributed by atoms with Gasteiger partial charge in [0.1, 0.15) is 0 Å². The molecule has 100 valence electrons. The van der Waals surface area contributed by atoms with Crippen molar-refractivity contribution in [1.82, 2.24) is 5.32 Å². The fraction of sp³-hybridized carbons (Fsp3) is 0.538. The Morgan fingerprint density at radius 3 is 2.72 bits per heavy atom. The van der Waals surface area contributed by atoms with Crippen LogP contribution in [0.4, 0.5) is 13.2 Å². The van der Waals surface area contributed by atoms with E-state index in [1.54, 1.807) is 13.1 Å². The second-order valence-corrected chi connectivity index (χ2v) is 4.48. The molecule has 1 aromatic rings. The number of benzene rings is 1. The van der Waals surface area contributed by atoms with Crippen LogP contribution in [0, 0.1) is 5.92 Å². The van der Waals surface area contributed by atoms with Crippen LogP contribution in [0.1, 0.15) is 23.7 Å². The van der Waals surface area contributed by atoms with Gasteiger partial charge >= 0.3 is 6.18 Å². The Bertz CT molecular complexity index is 405. The monoisotopic (exact) mass is 259 g/mol. The van der Waals surface area contributed by atoms with Gasteiger partial charge in [0, 0.05) is 19.1 Å². The summed E-state index contributed by atoms with van der Waals surface area (Å²) in [6.07, 6.45) is -4.00. The van der Waals surface area contributed by atoms with E-state index in [0.29, 0.717) is 13.2 Å². The van der Waals surface area contributed by atoms with Crippen molar-refractivity contribution in [3.05, 3.63) is 35.4 Å². The summed E-state index contributed by atoms with van der Waals surface area (Å²) in [4.78, 5) is 0. The summed E-state index contributed by atoms with van der Waals surface area (Å²) < 4.78 is 44.3. The minimum Gasteiger partial charge on any atom is -0.373 e. The highest BCUT2D eigenvalue weighted by Gasteiger charge is 2.38. The lowest BCUT2D eigenvalue weighted by molar-refractivity contribution is -0.139. The highest BCUT2D eigenvalue weighted by atomic mass is 19.4. The lowest BCUT2D eigenvalue weighted by Gasteiger charge is -2.22. The fourth-order valence-electron chi connectivity index (χ4n) is 2.45. The second kappa shape index (κ2) is 5.28. The van der Waals surface area contributed by atoms with Crippen LogP contribution in [0.3, 0.4) is 0 Å². The third kappa shape index (κ3) is 2.67. The summed E-state index contributed by atoms with van der Waals surface area (Å²) in [6, 6.07) is 5.67. The van der Waals surface area contributed by atoms with Crippen LogP contribution in [0.25, 0.3) is 0 Å². The van der Waals surface area contributed by atoms with Crippen molar-refractivity contribution < 1.29 is 17.9 Å². The van der Waals surface area contributed by atoms with E-state index in [-0.39, 0.29) is 11.5 Å². The number of alkyl halides is 3. The Morgan fingerprint density at radius 1 is 1.33 bits per heavy atom. The molecule has 0 radical (unpaired) electrons. The van der Waals surface area contributed by atoms with Crippen molar-refractivity contribution >= 4 is 0 Å². The quantitative estimate of drug-likeness (QED) is 0.901. The Morgan fingerprint density at radius 2 is 2.06 bits per heavy atom. The highest BCUT2D eigenvalue weighted by Crippen LogP contribution is 2.41. The molecular weight excluding hydrogens is 243 g/mol. The van der Waals surface area contributed by atoms with Gasteiger partial charge in [-0.15, -0.1) is 0 Å². The lowest BCUT2D eigenvalue weighted by atomic mass is 9.92. The third-order valence-electron chi connectivity index (χ3n) is 3.25. The van der Waals surface area contributed by atoms with Crippen molar-refractivity contribution in [3.8, 4) is 0 Å². The molecule has 0 saturated carbocycles. The number of hydrogen-bond donors (Lipinski definition) is 1. The van der Waals surface area contributed by atoms with Crippen molar-refractivity contribution in [2.75, 3.05) is 20.2 Å². The van der Waals surface area contributed by atoms with E-state index in [1.165, 1.54) is 12.1 Å². The molecule has 5 heteroatoms. The van der Waals surface area contributed by atoms with E-state index in [1.807, 2.05) is 0 Å². The third-order valence-corrected chi connectivity index (χ3v) is 3.25. The molecule has 1 aromatic carbocycles. The molecule has 1 heterocycles. The summed E-state index contributed by atoms with van der Waals surface area (Å²) in [5.74, 6) is 0.0958. The molecule has 2 unspecified atom stereocenters. The molecule has 0 amide bonds. The predicted molar refractivity (Wildman–Crippen MR) is 62.2 cm³/mol. The minimum absolute atomic E-state index is 0.0958. The molecule has 2 atom stereocenters. The average Bonchev–Trinajstić information content (AvgIpc) is 2.77. The Kier molecular flexibility index (Phi) is 3.92. The zero-order valence-electron chi connectivity index (χ0n) is 10.1. The zero-order chi connectivity index (χ0) is 13.2. The first-order valence-electron chi connectivity index (χ1n) is 5.96. The molecule has 18 heavy (non-hydrogen) atoms. The van der Waals surface area contributed by atoms with E-state index >= 15 is 0 Å². The molecule has 1 aliphatic heterocycles. The summed E-state index contributed by atoms with van der Waals surface area (Å²) >= 11 is 0. The normalized spacial score (nSPS) is 24.4. The van der Waals surface area contributed by atoms with Crippen LogP contribution < -0.4 is 5.32 Å². The van der Waals surface area contributed by atoms with Crippen molar-refractivity contribution in [1.29, 1.82) is 0 Å². The first-order valence-corrected chi connectivity index (χ1v) is 5.96. The maximum atomic E-state index is 12.9. The van der Waals surface area contributed by atoms with Crippen LogP contribution in [-0.2, 0) is 10.9 Å². The van der Waals surface area contributed by atoms with Gasteiger partial charge in [0.05, 0.1) is 11.7 Å². The van der Waals surface area contributed by atoms with Gasteiger partial charge in [0.2, 0.25) is 0 Å². The van der Waals surface area contributed by atoms with Crippen molar-refractivity contribution in [2.24, 2.45) is 5.92 Å². The van der Waals surface area contributed by atoms with Gasteiger partial charge in [-0.3, -0.25) is 0 Å². The molecule has 1 N–H and O–H groups in total. The van der Waals surface area contributed by atoms with Gasteiger partial charge in [-0.2, -0.15) is 13.2 Å². The van der Waals surface area contributed by atoms with Gasteiger partial charge in [0.25, 0.3) is 0 Å². The largest absolute Gasteiger partial charge is 0.416 e. The maximum Gasteiger partial charge on any atom is 0.416 e. The molecule has 0 spiro atoms. The molecule has 2 rings (SSSR count). The van der Waals surface area contributed by atoms with Crippen LogP contribution in [0.15, 0.2) is 24.3 Å². The van der Waals surface area contributed by atoms with Gasteiger partial charge in [-0.1, -0.05) is 18.2 Å². The van der Waals surface area contributed by atoms with E-state index < -0.39 is 17.8 Å². The molecule has 2 nitrogen and oxygen atoms in total. The summed E-state index contributed by atoms with van der Waals surface area (Å²) in [5, 5.41) is 3.01. The molecule has 1 aliphatic rings. The number of nitrogens with one attached hydrogen (secondary N) is 1. The predicted octanol–water partition coefficient (Wildman–Crippen LogP) is 3.00. The summed E-state index contributed by atoms with van der Waals surface area (Å²) in [5.41, 5.74) is -0.333. The molecular formula is C13H16F3NO. The zero-order valence-corrected chi connectivity index (χ0v) is 10.1. The van der Waals surface area contributed by atoms with Crippen molar-refractivity contribution in [2.45, 2.75) is 18.7 Å². The van der Waals surface area contributed by atoms with Gasteiger partial charge < -0.3 is 10.1 Å². The number of hydrogen-bond acceptors (Lipinski definition) is 2. The summed E-state index contributed by atoms with van der Waals surface area (Å²) in [7, 11) is 1.80. The molecule has 0 aromatic heterocycles. The molecule has 1 fully saturated rings. The van der Waals surface area contributed by atoms with Crippen LogP contribution in [0.5, 0.6) is 0 Å². The topological polar surface area (TPSA) is 21.3 Å². The number of ether oxygens (including phenoxy) is 1. The smallest absolute Gasteiger partial charge is 0.373 e. The first kappa shape index (κ1) is 13.4. The molecule has 1 saturated heterocycles. The minimum atomic E-state index is -4.33. The Labute approximate surface area is 104 Å². The number of halogens is 3. The van der Waals surface area contributed by atoms with Gasteiger partial charge in [0.15, 0.2) is 0 Å². The highest BCUT2D eigenvalue weighted by molar-refractivity contribution is 5.32. The standard InChI is InChI=1S/C13H16F3NO/c1-17-8-9-6-7-18-12(9)10-4-2-3-5-11(10)13(14,15)16/h2-5,9,12,17H,6-8H2,1H3. The second-order valence-electron chi connectivity index (χ2n) is 4.48. The van der Waals surface area contributed by atoms with E-state index in [0.717, 1.165) is 12.5 Å². The molecule has 0 aliphatic carbocycles. The first-order chi connectivity index (χ1) is 8.54. The Hall–Kier alpha value is -1.07. The lowest BCUT2D eigenvalue weighted by Crippen LogP contribution is -2.23. The average molecular weight is 259 g/mol. The van der Waals surface area contributed by atoms with E-state index in [9.17, 15) is 13.2 Å². The van der Waals surface area contributed by atoms with Crippen LogP contribution in [-0.4, -0.2) is 20.2 Å². The van der Waals surface area contributed by atoms with Gasteiger partial charge in [-0.25, -0.2) is 0 Å².